The molecule has 0 aliphatic rings. The summed E-state index contributed by atoms with van der Waals surface area (Å²) in [5.41, 5.74) is 1.37. The predicted octanol–water partition coefficient (Wildman–Crippen LogP) is 3.86. The molecule has 1 atom stereocenters. The number of nitrogens with one attached hydrogen (secondary N) is 1. The van der Waals surface area contributed by atoms with Crippen LogP contribution in [0.25, 0.3) is 0 Å². The molecule has 1 rings (SSSR count). The molecule has 3 nitrogen and oxygen atoms in total. The van der Waals surface area contributed by atoms with Gasteiger partial charge >= 0.3 is 0 Å². The Morgan fingerprint density at radius 2 is 1.76 bits per heavy atom. The fraction of sp³-hybridized carbons (Fsp3) is 0.667. The topological polar surface area (TPSA) is 24.5 Å². The van der Waals surface area contributed by atoms with Gasteiger partial charge in [-0.3, -0.25) is 0 Å². The number of benzene rings is 1. The molecule has 0 radical (unpaired) electrons. The molecule has 0 aliphatic carbocycles. The van der Waals surface area contributed by atoms with Gasteiger partial charge in [-0.1, -0.05) is 26.0 Å². The van der Waals surface area contributed by atoms with E-state index in [0.29, 0.717) is 12.6 Å². The van der Waals surface area contributed by atoms with Crippen molar-refractivity contribution in [3.63, 3.8) is 0 Å². The lowest BCUT2D eigenvalue weighted by Crippen LogP contribution is -2.43. The van der Waals surface area contributed by atoms with Crippen molar-refractivity contribution in [1.82, 2.24) is 10.2 Å². The molecule has 0 spiro atoms. The van der Waals surface area contributed by atoms with Gasteiger partial charge in [-0.25, -0.2) is 0 Å². The number of ether oxygens (including phenoxy) is 1. The highest BCUT2D eigenvalue weighted by atomic mass is 16.5. The van der Waals surface area contributed by atoms with Crippen molar-refractivity contribution in [2.45, 2.75) is 52.1 Å². The van der Waals surface area contributed by atoms with E-state index in [-0.39, 0.29) is 5.54 Å². The van der Waals surface area contributed by atoms with Crippen LogP contribution >= 0.6 is 0 Å². The molecule has 0 amide bonds. The van der Waals surface area contributed by atoms with Gasteiger partial charge in [0.2, 0.25) is 0 Å². The Kier molecular flexibility index (Phi) is 7.20. The minimum atomic E-state index is 0.0350. The van der Waals surface area contributed by atoms with Gasteiger partial charge in [0.25, 0.3) is 0 Å². The first-order valence-electron chi connectivity index (χ1n) is 8.04. The Morgan fingerprint density at radius 1 is 1.14 bits per heavy atom. The van der Waals surface area contributed by atoms with Gasteiger partial charge in [0, 0.05) is 11.6 Å². The van der Waals surface area contributed by atoms with E-state index in [1.165, 1.54) is 5.56 Å². The highest BCUT2D eigenvalue weighted by molar-refractivity contribution is 5.29. The van der Waals surface area contributed by atoms with Crippen LogP contribution in [0, 0.1) is 0 Å². The molecule has 21 heavy (non-hydrogen) atoms. The zero-order valence-electron chi connectivity index (χ0n) is 14.6. The maximum absolute atomic E-state index is 5.92. The van der Waals surface area contributed by atoms with Gasteiger partial charge in [-0.2, -0.15) is 0 Å². The standard InChI is InChI=1S/C18H32N2O/c1-7-13-19-17(8-2)15-9-11-16(12-10-15)21-14-18(3,4)20(5)6/h9-12,17,19H,7-8,13-14H2,1-6H3. The molecule has 120 valence electrons. The zero-order chi connectivity index (χ0) is 15.9. The van der Waals surface area contributed by atoms with Gasteiger partial charge in [0.15, 0.2) is 0 Å². The monoisotopic (exact) mass is 292 g/mol. The molecule has 1 N–H and O–H groups in total. The van der Waals surface area contributed by atoms with Crippen LogP contribution in [0.1, 0.15) is 52.1 Å². The second kappa shape index (κ2) is 8.40. The van der Waals surface area contributed by atoms with E-state index in [1.807, 2.05) is 0 Å². The van der Waals surface area contributed by atoms with Gasteiger partial charge < -0.3 is 15.0 Å². The molecule has 0 heterocycles. The first kappa shape index (κ1) is 18.0. The largest absolute Gasteiger partial charge is 0.492 e. The van der Waals surface area contributed by atoms with Crippen LogP contribution in [0.3, 0.4) is 0 Å². The second-order valence-corrected chi connectivity index (χ2v) is 6.48. The summed E-state index contributed by atoms with van der Waals surface area (Å²) >= 11 is 0. The lowest BCUT2D eigenvalue weighted by atomic mass is 10.0. The van der Waals surface area contributed by atoms with Crippen molar-refractivity contribution in [2.75, 3.05) is 27.2 Å². The molecular formula is C18H32N2O. The summed E-state index contributed by atoms with van der Waals surface area (Å²) in [7, 11) is 4.16. The van der Waals surface area contributed by atoms with Crippen LogP contribution in [0.15, 0.2) is 24.3 Å². The van der Waals surface area contributed by atoms with E-state index in [0.717, 1.165) is 25.1 Å². The van der Waals surface area contributed by atoms with Crippen molar-refractivity contribution in [1.29, 1.82) is 0 Å². The highest BCUT2D eigenvalue weighted by Gasteiger charge is 2.21. The lowest BCUT2D eigenvalue weighted by Gasteiger charge is -2.32. The SMILES string of the molecule is CCCNC(CC)c1ccc(OCC(C)(C)N(C)C)cc1. The number of hydrogen-bond acceptors (Lipinski definition) is 3. The molecule has 0 bridgehead atoms. The van der Waals surface area contributed by atoms with Crippen molar-refractivity contribution in [3.8, 4) is 5.75 Å². The molecule has 1 unspecified atom stereocenters. The number of likely N-dealkylation sites (N-methyl/N-ethyl adjacent to an activating group) is 1. The third-order valence-electron chi connectivity index (χ3n) is 4.13. The third kappa shape index (κ3) is 5.68. The summed E-state index contributed by atoms with van der Waals surface area (Å²) in [4.78, 5) is 2.18. The fourth-order valence-corrected chi connectivity index (χ4v) is 2.00. The Balaban J connectivity index is 2.61. The van der Waals surface area contributed by atoms with Gasteiger partial charge in [-0.05, 0) is 65.0 Å². The molecular weight excluding hydrogens is 260 g/mol. The smallest absolute Gasteiger partial charge is 0.119 e. The predicted molar refractivity (Wildman–Crippen MR) is 91.0 cm³/mol. The maximum atomic E-state index is 5.92. The van der Waals surface area contributed by atoms with Crippen LogP contribution in [0.4, 0.5) is 0 Å². The minimum absolute atomic E-state index is 0.0350. The summed E-state index contributed by atoms with van der Waals surface area (Å²) in [6, 6.07) is 8.95. The van der Waals surface area contributed by atoms with Crippen molar-refractivity contribution >= 4 is 0 Å². The molecule has 0 fully saturated rings. The van der Waals surface area contributed by atoms with Crippen molar-refractivity contribution in [3.05, 3.63) is 29.8 Å². The van der Waals surface area contributed by atoms with Crippen LogP contribution in [0.5, 0.6) is 5.75 Å². The average Bonchev–Trinajstić information content (AvgIpc) is 2.47. The summed E-state index contributed by atoms with van der Waals surface area (Å²) < 4.78 is 5.92. The average molecular weight is 292 g/mol. The normalized spacial score (nSPS) is 13.5. The number of rotatable bonds is 9. The van der Waals surface area contributed by atoms with Crippen LogP contribution in [-0.4, -0.2) is 37.7 Å². The second-order valence-electron chi connectivity index (χ2n) is 6.48. The van der Waals surface area contributed by atoms with E-state index in [2.05, 4.69) is 76.3 Å². The van der Waals surface area contributed by atoms with Gasteiger partial charge in [0.05, 0.1) is 0 Å². The molecule has 0 aliphatic heterocycles. The van der Waals surface area contributed by atoms with Gasteiger partial charge in [-0.15, -0.1) is 0 Å². The maximum Gasteiger partial charge on any atom is 0.119 e. The van der Waals surface area contributed by atoms with Gasteiger partial charge in [0.1, 0.15) is 12.4 Å². The van der Waals surface area contributed by atoms with Crippen molar-refractivity contribution < 1.29 is 4.74 Å². The fourth-order valence-electron chi connectivity index (χ4n) is 2.00. The van der Waals surface area contributed by atoms with E-state index in [1.54, 1.807) is 0 Å². The molecule has 3 heteroatoms. The van der Waals surface area contributed by atoms with Crippen LogP contribution in [-0.2, 0) is 0 Å². The molecule has 0 saturated carbocycles. The molecule has 1 aromatic rings. The summed E-state index contributed by atoms with van der Waals surface area (Å²) in [5, 5.41) is 3.58. The first-order chi connectivity index (χ1) is 9.90. The lowest BCUT2D eigenvalue weighted by molar-refractivity contribution is 0.114. The number of hydrogen-bond donors (Lipinski definition) is 1. The van der Waals surface area contributed by atoms with Crippen LogP contribution < -0.4 is 10.1 Å². The summed E-state index contributed by atoms with van der Waals surface area (Å²) in [6.45, 7) is 10.5. The van der Waals surface area contributed by atoms with E-state index in [4.69, 9.17) is 4.74 Å². The van der Waals surface area contributed by atoms with E-state index in [9.17, 15) is 0 Å². The first-order valence-corrected chi connectivity index (χ1v) is 8.04. The number of nitrogens with zero attached hydrogens (tertiary/aromatic N) is 1. The summed E-state index contributed by atoms with van der Waals surface area (Å²) in [5.74, 6) is 0.944. The van der Waals surface area contributed by atoms with E-state index < -0.39 is 0 Å². The Morgan fingerprint density at radius 3 is 2.24 bits per heavy atom. The minimum Gasteiger partial charge on any atom is -0.492 e. The van der Waals surface area contributed by atoms with E-state index >= 15 is 0 Å². The molecule has 1 aromatic carbocycles. The Hall–Kier alpha value is -1.06. The highest BCUT2D eigenvalue weighted by Crippen LogP contribution is 2.21. The Bertz CT molecular complexity index is 398. The quantitative estimate of drug-likeness (QED) is 0.748. The molecule has 0 aromatic heterocycles. The molecule has 0 saturated heterocycles. The van der Waals surface area contributed by atoms with Crippen molar-refractivity contribution in [2.24, 2.45) is 0 Å². The summed E-state index contributed by atoms with van der Waals surface area (Å²) in [6.07, 6.45) is 2.27. The Labute approximate surface area is 130 Å². The van der Waals surface area contributed by atoms with Crippen LogP contribution in [0.2, 0.25) is 0 Å². The zero-order valence-corrected chi connectivity index (χ0v) is 14.6. The third-order valence-corrected chi connectivity index (χ3v) is 4.13.